The molecule has 0 radical (unpaired) electrons. The maximum atomic E-state index is 12.2. The van der Waals surface area contributed by atoms with Crippen LogP contribution in [0, 0.1) is 13.8 Å². The molecule has 114 valence electrons. The van der Waals surface area contributed by atoms with E-state index in [1.54, 1.807) is 6.07 Å². The summed E-state index contributed by atoms with van der Waals surface area (Å²) >= 11 is 7.44. The first-order valence-corrected chi connectivity index (χ1v) is 8.12. The maximum Gasteiger partial charge on any atom is 0.251 e. The van der Waals surface area contributed by atoms with E-state index in [0.717, 1.165) is 27.4 Å². The van der Waals surface area contributed by atoms with Gasteiger partial charge < -0.3 is 9.73 Å². The lowest BCUT2D eigenvalue weighted by Crippen LogP contribution is -2.25. The zero-order chi connectivity index (χ0) is 15.7. The molecule has 0 atom stereocenters. The molecule has 0 saturated heterocycles. The second-order valence-electron chi connectivity index (χ2n) is 5.08. The molecule has 4 nitrogen and oxygen atoms in total. The summed E-state index contributed by atoms with van der Waals surface area (Å²) in [6.07, 6.45) is 0.678. The summed E-state index contributed by atoms with van der Waals surface area (Å²) in [7, 11) is 0. The van der Waals surface area contributed by atoms with Crippen molar-refractivity contribution in [3.8, 4) is 0 Å². The van der Waals surface area contributed by atoms with E-state index in [4.69, 9.17) is 16.0 Å². The molecule has 1 aromatic carbocycles. The number of carbonyl (C=O) groups excluding carboxylic acids is 1. The smallest absolute Gasteiger partial charge is 0.251 e. The summed E-state index contributed by atoms with van der Waals surface area (Å²) in [4.78, 5) is 16.5. The summed E-state index contributed by atoms with van der Waals surface area (Å²) < 4.78 is 6.21. The highest BCUT2D eigenvalue weighted by molar-refractivity contribution is 7.16. The topological polar surface area (TPSA) is 55.1 Å². The van der Waals surface area contributed by atoms with Crippen molar-refractivity contribution in [1.82, 2.24) is 10.3 Å². The molecular formula is C16H15ClN2O2S. The lowest BCUT2D eigenvalue weighted by atomic mass is 10.1. The molecule has 0 saturated carbocycles. The number of furan rings is 1. The van der Waals surface area contributed by atoms with Gasteiger partial charge in [0.25, 0.3) is 5.91 Å². The number of aryl methyl sites for hydroxylation is 2. The molecule has 3 rings (SSSR count). The minimum atomic E-state index is -0.0971. The summed E-state index contributed by atoms with van der Waals surface area (Å²) in [5, 5.41) is 4.77. The van der Waals surface area contributed by atoms with Gasteiger partial charge in [-0.1, -0.05) is 11.6 Å². The van der Waals surface area contributed by atoms with Crippen LogP contribution in [0.3, 0.4) is 0 Å². The highest BCUT2D eigenvalue weighted by atomic mass is 35.5. The molecule has 0 aliphatic carbocycles. The van der Waals surface area contributed by atoms with Gasteiger partial charge in [-0.3, -0.25) is 4.79 Å². The zero-order valence-corrected chi connectivity index (χ0v) is 13.8. The van der Waals surface area contributed by atoms with Crippen molar-refractivity contribution in [1.29, 1.82) is 0 Å². The van der Waals surface area contributed by atoms with Gasteiger partial charge in [0.1, 0.15) is 15.7 Å². The summed E-state index contributed by atoms with van der Waals surface area (Å²) in [6.45, 7) is 4.30. The molecule has 0 aliphatic rings. The van der Waals surface area contributed by atoms with E-state index in [-0.39, 0.29) is 5.91 Å². The molecule has 0 fully saturated rings. The number of amides is 1. The molecular weight excluding hydrogens is 320 g/mol. The lowest BCUT2D eigenvalue weighted by Gasteiger charge is -2.04. The molecule has 6 heteroatoms. The molecule has 0 unspecified atom stereocenters. The monoisotopic (exact) mass is 334 g/mol. The van der Waals surface area contributed by atoms with Gasteiger partial charge in [0.05, 0.1) is 10.7 Å². The van der Waals surface area contributed by atoms with Crippen molar-refractivity contribution in [2.24, 2.45) is 0 Å². The van der Waals surface area contributed by atoms with Gasteiger partial charge in [0.15, 0.2) is 0 Å². The maximum absolute atomic E-state index is 12.2. The predicted molar refractivity (Wildman–Crippen MR) is 88.8 cm³/mol. The zero-order valence-electron chi connectivity index (χ0n) is 12.3. The molecule has 1 amide bonds. The fraction of sp³-hybridized carbons (Fsp3) is 0.250. The van der Waals surface area contributed by atoms with Crippen LogP contribution in [-0.4, -0.2) is 17.4 Å². The van der Waals surface area contributed by atoms with Crippen LogP contribution in [-0.2, 0) is 6.42 Å². The van der Waals surface area contributed by atoms with E-state index in [2.05, 4.69) is 10.3 Å². The number of aromatic nitrogens is 1. The van der Waals surface area contributed by atoms with E-state index in [1.807, 2.05) is 32.0 Å². The Balaban J connectivity index is 1.62. The van der Waals surface area contributed by atoms with E-state index in [1.165, 1.54) is 11.3 Å². The Bertz CT molecular complexity index is 818. The minimum absolute atomic E-state index is 0.0971. The number of nitrogens with zero attached hydrogens (tertiary/aromatic N) is 1. The third kappa shape index (κ3) is 3.15. The van der Waals surface area contributed by atoms with E-state index < -0.39 is 0 Å². The fourth-order valence-electron chi connectivity index (χ4n) is 2.24. The average molecular weight is 335 g/mol. The first-order chi connectivity index (χ1) is 10.5. The van der Waals surface area contributed by atoms with Crippen LogP contribution in [0.15, 0.2) is 28.7 Å². The van der Waals surface area contributed by atoms with Crippen molar-refractivity contribution in [2.45, 2.75) is 20.3 Å². The third-order valence-electron chi connectivity index (χ3n) is 3.31. The Morgan fingerprint density at radius 2 is 2.18 bits per heavy atom. The number of hydrogen-bond donors (Lipinski definition) is 1. The highest BCUT2D eigenvalue weighted by Gasteiger charge is 2.09. The molecule has 2 aromatic heterocycles. The largest absolute Gasteiger partial charge is 0.461 e. The number of hydrogen-bond acceptors (Lipinski definition) is 4. The number of thiazole rings is 1. The first kappa shape index (κ1) is 15.1. The SMILES string of the molecule is Cc1cc2cc(C(=O)NCCc3nc(C)c(Cl)s3)ccc2o1. The van der Waals surface area contributed by atoms with Gasteiger partial charge in [-0.25, -0.2) is 4.98 Å². The van der Waals surface area contributed by atoms with Gasteiger partial charge >= 0.3 is 0 Å². The summed E-state index contributed by atoms with van der Waals surface area (Å²) in [6, 6.07) is 7.35. The third-order valence-corrected chi connectivity index (χ3v) is 4.82. The standard InChI is InChI=1S/C16H15ClN2O2S/c1-9-7-12-8-11(3-4-13(12)21-9)16(20)18-6-5-14-19-10(2)15(17)22-14/h3-4,7-8H,5-6H2,1-2H3,(H,18,20). The van der Waals surface area contributed by atoms with Gasteiger partial charge in [-0.2, -0.15) is 0 Å². The molecule has 0 aliphatic heterocycles. The number of halogens is 1. The Labute approximate surface area is 137 Å². The average Bonchev–Trinajstić information content (AvgIpc) is 2.99. The number of carbonyl (C=O) groups is 1. The fourth-order valence-corrected chi connectivity index (χ4v) is 3.34. The van der Waals surface area contributed by atoms with Gasteiger partial charge in [-0.05, 0) is 38.1 Å². The van der Waals surface area contributed by atoms with Crippen LogP contribution in [0.2, 0.25) is 4.34 Å². The molecule has 1 N–H and O–H groups in total. The van der Waals surface area contributed by atoms with Crippen molar-refractivity contribution in [3.63, 3.8) is 0 Å². The highest BCUT2D eigenvalue weighted by Crippen LogP contribution is 2.23. The quantitative estimate of drug-likeness (QED) is 0.780. The molecule has 22 heavy (non-hydrogen) atoms. The Morgan fingerprint density at radius 1 is 1.36 bits per heavy atom. The van der Waals surface area contributed by atoms with Crippen LogP contribution >= 0.6 is 22.9 Å². The van der Waals surface area contributed by atoms with Crippen LogP contribution in [0.1, 0.15) is 26.8 Å². The van der Waals surface area contributed by atoms with E-state index in [0.29, 0.717) is 22.9 Å². The van der Waals surface area contributed by atoms with Crippen LogP contribution in [0.5, 0.6) is 0 Å². The number of nitrogens with one attached hydrogen (secondary N) is 1. The van der Waals surface area contributed by atoms with Crippen molar-refractivity contribution in [2.75, 3.05) is 6.54 Å². The van der Waals surface area contributed by atoms with Crippen LogP contribution < -0.4 is 5.32 Å². The van der Waals surface area contributed by atoms with Crippen molar-refractivity contribution < 1.29 is 9.21 Å². The van der Waals surface area contributed by atoms with Gasteiger partial charge in [-0.15, -0.1) is 11.3 Å². The molecule has 0 spiro atoms. The Kier molecular flexibility index (Phi) is 4.18. The molecule has 0 bridgehead atoms. The number of benzene rings is 1. The minimum Gasteiger partial charge on any atom is -0.461 e. The van der Waals surface area contributed by atoms with Crippen molar-refractivity contribution in [3.05, 3.63) is 50.6 Å². The molecule has 2 heterocycles. The van der Waals surface area contributed by atoms with Crippen LogP contribution in [0.25, 0.3) is 11.0 Å². The van der Waals surface area contributed by atoms with Crippen molar-refractivity contribution >= 4 is 39.8 Å². The lowest BCUT2D eigenvalue weighted by molar-refractivity contribution is 0.0954. The van der Waals surface area contributed by atoms with Gasteiger partial charge in [0.2, 0.25) is 0 Å². The van der Waals surface area contributed by atoms with Gasteiger partial charge in [0, 0.05) is 23.9 Å². The van der Waals surface area contributed by atoms with E-state index in [9.17, 15) is 4.79 Å². The Morgan fingerprint density at radius 3 is 2.91 bits per heavy atom. The normalized spacial score (nSPS) is 11.0. The second kappa shape index (κ2) is 6.10. The summed E-state index contributed by atoms with van der Waals surface area (Å²) in [5.74, 6) is 0.740. The predicted octanol–water partition coefficient (Wildman–Crippen LogP) is 4.13. The van der Waals surface area contributed by atoms with Crippen LogP contribution in [0.4, 0.5) is 0 Å². The number of fused-ring (bicyclic) bond motifs is 1. The Hall–Kier alpha value is -1.85. The van der Waals surface area contributed by atoms with E-state index >= 15 is 0 Å². The first-order valence-electron chi connectivity index (χ1n) is 6.93. The summed E-state index contributed by atoms with van der Waals surface area (Å²) in [5.41, 5.74) is 2.26. The second-order valence-corrected chi connectivity index (χ2v) is 6.77. The number of rotatable bonds is 4. The molecule has 3 aromatic rings.